The molecule has 0 unspecified atom stereocenters. The Balaban J connectivity index is 1.24. The average Bonchev–Trinajstić information content (AvgIpc) is 3.66. The second kappa shape index (κ2) is 10.9. The summed E-state index contributed by atoms with van der Waals surface area (Å²) in [5.41, 5.74) is 3.30. The quantitative estimate of drug-likeness (QED) is 0.298. The Hall–Kier alpha value is -4.11. The molecule has 0 aliphatic carbocycles. The molecular formula is C26H24N6O2S. The third kappa shape index (κ3) is 5.70. The second-order valence-electron chi connectivity index (χ2n) is 7.89. The van der Waals surface area contributed by atoms with Crippen molar-refractivity contribution in [1.82, 2.24) is 29.9 Å². The number of thioether (sulfide) groups is 1. The van der Waals surface area contributed by atoms with E-state index in [1.54, 1.807) is 12.5 Å². The number of nitrogens with zero attached hydrogens (tertiary/aromatic N) is 5. The standard InChI is InChI=1S/C26H24N6O2S/c33-24(27-16-21-10-4-5-11-22(21)18-31-14-7-13-28-31)19-35-26-30-29-25(23-12-6-15-34-23)32(26)17-20-8-2-1-3-9-20/h1-15H,16-19H2,(H,27,33). The maximum absolute atomic E-state index is 12.7. The molecule has 3 heterocycles. The van der Waals surface area contributed by atoms with Gasteiger partial charge < -0.3 is 9.73 Å². The van der Waals surface area contributed by atoms with E-state index in [4.69, 9.17) is 4.42 Å². The van der Waals surface area contributed by atoms with Crippen LogP contribution in [0.15, 0.2) is 101 Å². The van der Waals surface area contributed by atoms with Gasteiger partial charge in [-0.1, -0.05) is 66.4 Å². The zero-order chi connectivity index (χ0) is 23.9. The number of carbonyl (C=O) groups is 1. The molecule has 0 saturated heterocycles. The first-order valence-corrected chi connectivity index (χ1v) is 12.2. The highest BCUT2D eigenvalue weighted by atomic mass is 32.2. The van der Waals surface area contributed by atoms with E-state index in [0.29, 0.717) is 36.4 Å². The lowest BCUT2D eigenvalue weighted by Crippen LogP contribution is -2.25. The highest BCUT2D eigenvalue weighted by molar-refractivity contribution is 7.99. The maximum atomic E-state index is 12.7. The van der Waals surface area contributed by atoms with Gasteiger partial charge in [0.15, 0.2) is 10.9 Å². The van der Waals surface area contributed by atoms with Gasteiger partial charge in [0, 0.05) is 18.9 Å². The zero-order valence-electron chi connectivity index (χ0n) is 18.9. The van der Waals surface area contributed by atoms with Crippen molar-refractivity contribution in [2.24, 2.45) is 0 Å². The fourth-order valence-electron chi connectivity index (χ4n) is 3.72. The van der Waals surface area contributed by atoms with E-state index >= 15 is 0 Å². The molecule has 2 aromatic carbocycles. The molecule has 35 heavy (non-hydrogen) atoms. The highest BCUT2D eigenvalue weighted by Gasteiger charge is 2.18. The Morgan fingerprint density at radius 1 is 0.914 bits per heavy atom. The number of carbonyl (C=O) groups excluding carboxylic acids is 1. The summed E-state index contributed by atoms with van der Waals surface area (Å²) < 4.78 is 9.40. The number of benzene rings is 2. The van der Waals surface area contributed by atoms with E-state index < -0.39 is 0 Å². The Bertz CT molecular complexity index is 1360. The summed E-state index contributed by atoms with van der Waals surface area (Å²) in [6.45, 7) is 1.69. The summed E-state index contributed by atoms with van der Waals surface area (Å²) in [4.78, 5) is 12.7. The first kappa shape index (κ1) is 22.7. The zero-order valence-corrected chi connectivity index (χ0v) is 19.8. The largest absolute Gasteiger partial charge is 0.461 e. The van der Waals surface area contributed by atoms with Crippen LogP contribution in [0.2, 0.25) is 0 Å². The van der Waals surface area contributed by atoms with Crippen LogP contribution in [0.3, 0.4) is 0 Å². The predicted molar refractivity (Wildman–Crippen MR) is 134 cm³/mol. The topological polar surface area (TPSA) is 90.8 Å². The number of furan rings is 1. The van der Waals surface area contributed by atoms with Crippen molar-refractivity contribution in [3.05, 3.63) is 108 Å². The first-order valence-electron chi connectivity index (χ1n) is 11.2. The molecule has 5 aromatic rings. The lowest BCUT2D eigenvalue weighted by atomic mass is 10.1. The number of aromatic nitrogens is 5. The highest BCUT2D eigenvalue weighted by Crippen LogP contribution is 2.25. The van der Waals surface area contributed by atoms with Crippen LogP contribution in [0.4, 0.5) is 0 Å². The predicted octanol–water partition coefficient (Wildman–Crippen LogP) is 4.24. The monoisotopic (exact) mass is 484 g/mol. The number of hydrogen-bond acceptors (Lipinski definition) is 6. The van der Waals surface area contributed by atoms with Gasteiger partial charge in [-0.25, -0.2) is 0 Å². The Kier molecular flexibility index (Phi) is 7.05. The average molecular weight is 485 g/mol. The van der Waals surface area contributed by atoms with E-state index in [1.807, 2.05) is 82.2 Å². The summed E-state index contributed by atoms with van der Waals surface area (Å²) in [7, 11) is 0. The van der Waals surface area contributed by atoms with Gasteiger partial charge in [-0.15, -0.1) is 10.2 Å². The molecule has 0 bridgehead atoms. The molecule has 9 heteroatoms. The molecule has 0 aliphatic rings. The normalized spacial score (nSPS) is 11.0. The number of nitrogens with one attached hydrogen (secondary N) is 1. The molecule has 1 amide bonds. The maximum Gasteiger partial charge on any atom is 0.230 e. The Morgan fingerprint density at radius 3 is 2.51 bits per heavy atom. The molecular weight excluding hydrogens is 460 g/mol. The fourth-order valence-corrected chi connectivity index (χ4v) is 4.49. The molecule has 5 rings (SSSR count). The molecule has 0 aliphatic heterocycles. The summed E-state index contributed by atoms with van der Waals surface area (Å²) in [6, 6.07) is 23.7. The summed E-state index contributed by atoms with van der Waals surface area (Å²) in [6.07, 6.45) is 5.30. The third-order valence-electron chi connectivity index (χ3n) is 5.46. The van der Waals surface area contributed by atoms with Crippen molar-refractivity contribution >= 4 is 17.7 Å². The van der Waals surface area contributed by atoms with Crippen molar-refractivity contribution in [2.45, 2.75) is 24.8 Å². The lowest BCUT2D eigenvalue weighted by Gasteiger charge is -2.11. The van der Waals surface area contributed by atoms with Crippen molar-refractivity contribution in [3.63, 3.8) is 0 Å². The van der Waals surface area contributed by atoms with E-state index in [-0.39, 0.29) is 11.7 Å². The molecule has 8 nitrogen and oxygen atoms in total. The van der Waals surface area contributed by atoms with Gasteiger partial charge in [0.2, 0.25) is 11.7 Å². The molecule has 0 fully saturated rings. The van der Waals surface area contributed by atoms with Crippen LogP contribution >= 0.6 is 11.8 Å². The Labute approximate surface area is 207 Å². The van der Waals surface area contributed by atoms with Crippen molar-refractivity contribution in [3.8, 4) is 11.6 Å². The number of amides is 1. The molecule has 0 radical (unpaired) electrons. The van der Waals surface area contributed by atoms with Gasteiger partial charge in [-0.2, -0.15) is 5.10 Å². The summed E-state index contributed by atoms with van der Waals surface area (Å²) in [5.74, 6) is 1.43. The second-order valence-corrected chi connectivity index (χ2v) is 8.84. The summed E-state index contributed by atoms with van der Waals surface area (Å²) >= 11 is 1.36. The van der Waals surface area contributed by atoms with Crippen LogP contribution in [0.1, 0.15) is 16.7 Å². The number of hydrogen-bond donors (Lipinski definition) is 1. The van der Waals surface area contributed by atoms with E-state index in [2.05, 4.69) is 26.7 Å². The van der Waals surface area contributed by atoms with Crippen LogP contribution in [0, 0.1) is 0 Å². The lowest BCUT2D eigenvalue weighted by molar-refractivity contribution is -0.118. The third-order valence-corrected chi connectivity index (χ3v) is 6.43. The van der Waals surface area contributed by atoms with Crippen LogP contribution in [-0.4, -0.2) is 36.2 Å². The van der Waals surface area contributed by atoms with E-state index in [1.165, 1.54) is 11.8 Å². The molecule has 3 aromatic heterocycles. The van der Waals surface area contributed by atoms with Crippen LogP contribution < -0.4 is 5.32 Å². The van der Waals surface area contributed by atoms with E-state index in [0.717, 1.165) is 16.7 Å². The first-order chi connectivity index (χ1) is 17.3. The minimum absolute atomic E-state index is 0.0716. The van der Waals surface area contributed by atoms with Gasteiger partial charge in [-0.05, 0) is 34.9 Å². The number of rotatable bonds is 10. The van der Waals surface area contributed by atoms with Crippen molar-refractivity contribution < 1.29 is 9.21 Å². The van der Waals surface area contributed by atoms with Crippen molar-refractivity contribution in [2.75, 3.05) is 5.75 Å². The minimum Gasteiger partial charge on any atom is -0.461 e. The molecule has 0 spiro atoms. The Morgan fingerprint density at radius 2 is 1.74 bits per heavy atom. The fraction of sp³-hybridized carbons (Fsp3) is 0.154. The summed E-state index contributed by atoms with van der Waals surface area (Å²) in [5, 5.41) is 16.6. The molecule has 1 N–H and O–H groups in total. The van der Waals surface area contributed by atoms with Gasteiger partial charge in [0.05, 0.1) is 25.1 Å². The molecule has 0 atom stereocenters. The SMILES string of the molecule is O=C(CSc1nnc(-c2ccco2)n1Cc1ccccc1)NCc1ccccc1Cn1cccn1. The van der Waals surface area contributed by atoms with E-state index in [9.17, 15) is 4.79 Å². The van der Waals surface area contributed by atoms with Crippen LogP contribution in [-0.2, 0) is 24.4 Å². The van der Waals surface area contributed by atoms with Gasteiger partial charge >= 0.3 is 0 Å². The minimum atomic E-state index is -0.0716. The molecule has 176 valence electrons. The smallest absolute Gasteiger partial charge is 0.230 e. The van der Waals surface area contributed by atoms with Gasteiger partial charge in [-0.3, -0.25) is 14.0 Å². The van der Waals surface area contributed by atoms with Crippen LogP contribution in [0.25, 0.3) is 11.6 Å². The molecule has 0 saturated carbocycles. The van der Waals surface area contributed by atoms with Crippen molar-refractivity contribution in [1.29, 1.82) is 0 Å². The van der Waals surface area contributed by atoms with Gasteiger partial charge in [0.25, 0.3) is 0 Å². The van der Waals surface area contributed by atoms with Crippen LogP contribution in [0.5, 0.6) is 0 Å². The van der Waals surface area contributed by atoms with Gasteiger partial charge in [0.1, 0.15) is 0 Å².